The molecule has 5 heteroatoms. The van der Waals surface area contributed by atoms with Gasteiger partial charge < -0.3 is 5.11 Å². The maximum absolute atomic E-state index is 14.8. The average Bonchev–Trinajstić information content (AvgIpc) is 3.81. The van der Waals surface area contributed by atoms with Gasteiger partial charge in [-0.25, -0.2) is 0 Å². The lowest BCUT2D eigenvalue weighted by atomic mass is 9.83. The van der Waals surface area contributed by atoms with Gasteiger partial charge in [-0.15, -0.1) is 15.9 Å². The first-order valence-electron chi connectivity index (χ1n) is 21.3. The summed E-state index contributed by atoms with van der Waals surface area (Å²) in [5, 5.41) is 13.3. The molecule has 0 amide bonds. The number of unbranched alkanes of at least 4 members (excludes halogenated alkanes) is 6. The molecule has 1 aromatic heterocycles. The second-order valence-electron chi connectivity index (χ2n) is 16.3. The van der Waals surface area contributed by atoms with Crippen LogP contribution >= 0.6 is 23.1 Å². The number of ketones is 1. The number of carbonyl (C=O) groups is 1. The molecule has 0 saturated carbocycles. The van der Waals surface area contributed by atoms with E-state index in [-0.39, 0.29) is 17.5 Å². The summed E-state index contributed by atoms with van der Waals surface area (Å²) in [6, 6.07) is 37.3. The zero-order valence-electron chi connectivity index (χ0n) is 35.2. The minimum Gasteiger partial charge on any atom is -0.506 e. The average molecular weight is 805 g/mol. The first kappa shape index (κ1) is 41.4. The van der Waals surface area contributed by atoms with Crippen LogP contribution in [-0.2, 0) is 11.2 Å². The molecule has 0 atom stereocenters. The number of carbonyl (C=O) groups excluding carboxylic acids is 1. The van der Waals surface area contributed by atoms with Crippen molar-refractivity contribution in [2.45, 2.75) is 112 Å². The Kier molecular flexibility index (Phi) is 13.5. The molecule has 5 aromatic rings. The topological polar surface area (TPSA) is 40.3 Å². The Hall–Kier alpha value is -4.71. The van der Waals surface area contributed by atoms with Crippen LogP contribution in [0.1, 0.15) is 126 Å². The smallest absolute Gasteiger partial charge is 0.251 e. The molecule has 3 nitrogen and oxygen atoms in total. The minimum atomic E-state index is -0.0386. The molecule has 7 rings (SSSR count). The van der Waals surface area contributed by atoms with Gasteiger partial charge in [0, 0.05) is 50.9 Å². The van der Waals surface area contributed by atoms with E-state index in [1.54, 1.807) is 23.1 Å². The molecule has 58 heavy (non-hydrogen) atoms. The maximum atomic E-state index is 14.8. The molecular formula is C53H58NO2S2+. The number of hydrogen-bond acceptors (Lipinski definition) is 4. The summed E-state index contributed by atoms with van der Waals surface area (Å²) in [5.41, 5.74) is 12.8. The molecule has 298 valence electrons. The van der Waals surface area contributed by atoms with Crippen LogP contribution in [0.2, 0.25) is 0 Å². The highest BCUT2D eigenvalue weighted by Gasteiger charge is 2.43. The number of thiophene rings is 1. The Morgan fingerprint density at radius 1 is 0.603 bits per heavy atom. The van der Waals surface area contributed by atoms with Crippen LogP contribution in [0.15, 0.2) is 131 Å². The van der Waals surface area contributed by atoms with Gasteiger partial charge in [-0.3, -0.25) is 4.79 Å². The molecule has 4 aromatic carbocycles. The van der Waals surface area contributed by atoms with E-state index in [0.717, 1.165) is 76.7 Å². The van der Waals surface area contributed by atoms with Gasteiger partial charge in [0.05, 0.1) is 11.1 Å². The van der Waals surface area contributed by atoms with Crippen LogP contribution in [0.5, 0.6) is 0 Å². The molecule has 0 saturated heterocycles. The summed E-state index contributed by atoms with van der Waals surface area (Å²) in [5.74, 6) is 0.138. The number of thioether (sulfide) groups is 1. The lowest BCUT2D eigenvalue weighted by molar-refractivity contribution is -0.111. The molecule has 2 aliphatic rings. The highest BCUT2D eigenvalue weighted by Crippen LogP contribution is 2.51. The van der Waals surface area contributed by atoms with Crippen molar-refractivity contribution < 1.29 is 9.90 Å². The predicted molar refractivity (Wildman–Crippen MR) is 250 cm³/mol. The molecule has 1 aliphatic heterocycles. The van der Waals surface area contributed by atoms with Gasteiger partial charge in [0.15, 0.2) is 0 Å². The number of hydrogen-bond donors (Lipinski definition) is 1. The highest BCUT2D eigenvalue weighted by molar-refractivity contribution is 8.18. The second-order valence-corrected chi connectivity index (χ2v) is 18.4. The number of allylic oxidation sites excluding steroid dienone is 3. The number of Topliss-reactive ketones (excluding diaryl/α,β-unsaturated/α-hetero) is 1. The first-order valence-corrected chi connectivity index (χ1v) is 23.0. The Morgan fingerprint density at radius 2 is 1.09 bits per heavy atom. The van der Waals surface area contributed by atoms with Gasteiger partial charge in [-0.2, -0.15) is 0 Å². The molecule has 2 heterocycles. The zero-order valence-corrected chi connectivity index (χ0v) is 36.8. The number of aryl methyl sites for hydroxylation is 5. The third kappa shape index (κ3) is 9.12. The Morgan fingerprint density at radius 3 is 1.57 bits per heavy atom. The molecule has 0 fully saturated rings. The molecule has 0 unspecified atom stereocenters. The molecule has 0 radical (unpaired) electrons. The largest absolute Gasteiger partial charge is 0.506 e. The fraction of sp³-hybridized carbons (Fsp3) is 0.321. The normalized spacial score (nSPS) is 15.4. The molecule has 1 aliphatic carbocycles. The van der Waals surface area contributed by atoms with E-state index >= 15 is 0 Å². The van der Waals surface area contributed by atoms with E-state index in [4.69, 9.17) is 0 Å². The third-order valence-electron chi connectivity index (χ3n) is 11.5. The highest BCUT2D eigenvalue weighted by atomic mass is 32.2. The SMILES string of the molecule is CCCCCCC1=CC(=[N+](c2ccc(C)cc2)c2ccc(C)cc2)SC1=C1C(=O)C(c2sc(C(c3ccc(C)cc3)c3ccc(C)cc3)cc2CCCCCC)=C1O. The molecule has 1 N–H and O–H groups in total. The van der Waals surface area contributed by atoms with E-state index in [2.05, 4.69) is 155 Å². The lowest BCUT2D eigenvalue weighted by Crippen LogP contribution is -2.23. The maximum Gasteiger partial charge on any atom is 0.251 e. The van der Waals surface area contributed by atoms with Crippen LogP contribution in [-0.4, -0.2) is 15.9 Å². The monoisotopic (exact) mass is 804 g/mol. The molecular weight excluding hydrogens is 747 g/mol. The van der Waals surface area contributed by atoms with Gasteiger partial charge in [0.2, 0.25) is 17.2 Å². The Bertz CT molecular complexity index is 2280. The van der Waals surface area contributed by atoms with Crippen molar-refractivity contribution in [3.63, 3.8) is 0 Å². The summed E-state index contributed by atoms with van der Waals surface area (Å²) < 4.78 is 2.30. The van der Waals surface area contributed by atoms with Gasteiger partial charge in [-0.05, 0) is 93.5 Å². The summed E-state index contributed by atoms with van der Waals surface area (Å²) in [4.78, 5) is 17.8. The summed E-state index contributed by atoms with van der Waals surface area (Å²) in [7, 11) is 0. The summed E-state index contributed by atoms with van der Waals surface area (Å²) >= 11 is 3.32. The minimum absolute atomic E-state index is 0.0276. The number of benzene rings is 4. The quantitative estimate of drug-likeness (QED) is 0.0613. The van der Waals surface area contributed by atoms with Crippen molar-refractivity contribution in [2.24, 2.45) is 0 Å². The van der Waals surface area contributed by atoms with E-state index in [0.29, 0.717) is 11.1 Å². The summed E-state index contributed by atoms with van der Waals surface area (Å²) in [6.45, 7) is 13.0. The van der Waals surface area contributed by atoms with E-state index < -0.39 is 0 Å². The Balaban J connectivity index is 1.35. The van der Waals surface area contributed by atoms with Gasteiger partial charge in [0.25, 0.3) is 5.04 Å². The van der Waals surface area contributed by atoms with E-state index in [1.165, 1.54) is 63.1 Å². The lowest BCUT2D eigenvalue weighted by Gasteiger charge is -2.24. The fourth-order valence-corrected chi connectivity index (χ4v) is 10.8. The van der Waals surface area contributed by atoms with Crippen molar-refractivity contribution >= 4 is 50.9 Å². The van der Waals surface area contributed by atoms with Crippen LogP contribution < -0.4 is 4.58 Å². The van der Waals surface area contributed by atoms with Crippen LogP contribution in [0.25, 0.3) is 5.57 Å². The Labute approximate surface area is 355 Å². The van der Waals surface area contributed by atoms with Crippen molar-refractivity contribution in [3.05, 3.63) is 180 Å². The number of nitrogens with zero attached hydrogens (tertiary/aromatic N) is 1. The van der Waals surface area contributed by atoms with Crippen molar-refractivity contribution in [3.8, 4) is 0 Å². The van der Waals surface area contributed by atoms with Gasteiger partial charge >= 0.3 is 0 Å². The van der Waals surface area contributed by atoms with Gasteiger partial charge in [-0.1, -0.05) is 147 Å². The second kappa shape index (κ2) is 18.9. The zero-order chi connectivity index (χ0) is 40.8. The van der Waals surface area contributed by atoms with Crippen LogP contribution in [0, 0.1) is 27.7 Å². The van der Waals surface area contributed by atoms with E-state index in [9.17, 15) is 9.90 Å². The summed E-state index contributed by atoms with van der Waals surface area (Å²) in [6.07, 6.45) is 13.1. The predicted octanol–water partition coefficient (Wildman–Crippen LogP) is 15.0. The standard InChI is InChI=1S/C53H57NO2S2/c1-7-9-11-13-15-41-33-45(47(39-25-17-35(3)18-26-39)40-27-19-36(4)20-28-40)57-52(41)48-50(55)49(51(48)56)53-42(16-14-12-10-8-2)34-46(58-53)54(43-29-21-37(5)22-30-43)44-31-23-38(6)24-32-44/h17-34,47H,7-16H2,1-6H3/p+1. The van der Waals surface area contributed by atoms with E-state index in [1.807, 2.05) is 0 Å². The molecule has 0 bridgehead atoms. The first-order chi connectivity index (χ1) is 28.2. The van der Waals surface area contributed by atoms with Gasteiger partial charge in [0.1, 0.15) is 5.76 Å². The van der Waals surface area contributed by atoms with Crippen molar-refractivity contribution in [1.29, 1.82) is 0 Å². The number of rotatable bonds is 16. The van der Waals surface area contributed by atoms with Crippen LogP contribution in [0.3, 0.4) is 0 Å². The third-order valence-corrected chi connectivity index (χ3v) is 14.0. The fourth-order valence-electron chi connectivity index (χ4n) is 8.05. The van der Waals surface area contributed by atoms with Crippen LogP contribution in [0.4, 0.5) is 11.4 Å². The number of aliphatic hydroxyl groups excluding tert-OH is 1. The van der Waals surface area contributed by atoms with Crippen molar-refractivity contribution in [1.82, 2.24) is 4.58 Å². The molecule has 0 spiro atoms. The van der Waals surface area contributed by atoms with Crippen molar-refractivity contribution in [2.75, 3.05) is 0 Å². The number of aliphatic hydroxyl groups is 1.